The predicted molar refractivity (Wildman–Crippen MR) is 153 cm³/mol. The third kappa shape index (κ3) is 4.48. The average Bonchev–Trinajstić information content (AvgIpc) is 3.26. The summed E-state index contributed by atoms with van der Waals surface area (Å²) in [5, 5.41) is 26.2. The Bertz CT molecular complexity index is 1670. The molecule has 2 heterocycles. The molecule has 41 heavy (non-hydrogen) atoms. The Kier molecular flexibility index (Phi) is 6.70. The Morgan fingerprint density at radius 2 is 1.56 bits per heavy atom. The van der Waals surface area contributed by atoms with Crippen LogP contribution >= 0.6 is 0 Å². The smallest absolute Gasteiger partial charge is 0.269 e. The number of nitro benzene ring substituents is 1. The quantitative estimate of drug-likeness (QED) is 0.148. The molecule has 4 unspecified atom stereocenters. The number of fused-ring (bicyclic) bond motifs is 2. The van der Waals surface area contributed by atoms with Crippen molar-refractivity contribution in [3.05, 3.63) is 119 Å². The number of hydrogen-bond acceptors (Lipinski definition) is 8. The lowest BCUT2D eigenvalue weighted by atomic mass is 9.89. The zero-order valence-corrected chi connectivity index (χ0v) is 22.0. The number of hydrazine groups is 1. The highest BCUT2D eigenvalue weighted by molar-refractivity contribution is 6.24. The van der Waals surface area contributed by atoms with Crippen LogP contribution in [0, 0.1) is 16.0 Å². The van der Waals surface area contributed by atoms with Gasteiger partial charge >= 0.3 is 0 Å². The molecule has 0 aromatic heterocycles. The number of aliphatic hydroxyl groups is 1. The maximum Gasteiger partial charge on any atom is 0.269 e. The Hall–Kier alpha value is -5.06. The van der Waals surface area contributed by atoms with Crippen molar-refractivity contribution < 1.29 is 24.4 Å². The summed E-state index contributed by atoms with van der Waals surface area (Å²) in [7, 11) is 1.58. The Morgan fingerprint density at radius 1 is 0.878 bits per heavy atom. The van der Waals surface area contributed by atoms with E-state index in [-0.39, 0.29) is 11.6 Å². The number of methoxy groups -OCH3 is 1. The van der Waals surface area contributed by atoms with E-state index >= 15 is 0 Å². The lowest BCUT2D eigenvalue weighted by Crippen LogP contribution is -2.55. The molecule has 6 rings (SSSR count). The van der Waals surface area contributed by atoms with Gasteiger partial charge in [0.2, 0.25) is 5.91 Å². The predicted octanol–water partition coefficient (Wildman–Crippen LogP) is 4.62. The second-order valence-electron chi connectivity index (χ2n) is 9.86. The van der Waals surface area contributed by atoms with Crippen molar-refractivity contribution in [1.29, 1.82) is 0 Å². The van der Waals surface area contributed by atoms with Gasteiger partial charge in [-0.2, -0.15) is 0 Å². The maximum atomic E-state index is 13.9. The molecule has 10 heteroatoms. The van der Waals surface area contributed by atoms with E-state index in [2.05, 4.69) is 5.43 Å². The first-order chi connectivity index (χ1) is 19.9. The molecule has 4 atom stereocenters. The molecule has 4 aromatic rings. The summed E-state index contributed by atoms with van der Waals surface area (Å²) in [6.07, 6.45) is 2.28. The first-order valence-electron chi connectivity index (χ1n) is 13.0. The standard InChI is InChI=1S/C31H26N4O6/c1-41-27-18-16-24(22-9-5-6-10-23(22)27)29(36)26-17-15-25-28(31(38)33(30(25)37)20-7-3-2-4-8-20)34(26)32-19-11-13-21(14-12-19)35(39)40/h2-18,25-26,28-29,32,36H,1H3. The molecule has 1 saturated heterocycles. The fraction of sp³-hybridized carbons (Fsp3) is 0.161. The van der Waals surface area contributed by atoms with Crippen LogP contribution in [0.25, 0.3) is 10.8 Å². The van der Waals surface area contributed by atoms with E-state index in [1.165, 1.54) is 29.2 Å². The topological polar surface area (TPSA) is 125 Å². The number of rotatable bonds is 7. The van der Waals surface area contributed by atoms with Crippen LogP contribution in [0.2, 0.25) is 0 Å². The number of non-ortho nitro benzene ring substituents is 1. The second-order valence-corrected chi connectivity index (χ2v) is 9.86. The normalized spacial score (nSPS) is 21.1. The molecule has 0 aliphatic carbocycles. The number of carbonyl (C=O) groups is 2. The summed E-state index contributed by atoms with van der Waals surface area (Å²) in [4.78, 5) is 39.3. The zero-order chi connectivity index (χ0) is 28.7. The lowest BCUT2D eigenvalue weighted by molar-refractivity contribution is -0.384. The van der Waals surface area contributed by atoms with Crippen molar-refractivity contribution in [2.24, 2.45) is 5.92 Å². The first kappa shape index (κ1) is 26.2. The molecule has 1 fully saturated rings. The van der Waals surface area contributed by atoms with E-state index in [0.717, 1.165) is 10.8 Å². The van der Waals surface area contributed by atoms with Gasteiger partial charge in [0.25, 0.3) is 11.6 Å². The number of nitrogens with one attached hydrogen (secondary N) is 1. The van der Waals surface area contributed by atoms with E-state index in [4.69, 9.17) is 4.74 Å². The van der Waals surface area contributed by atoms with Gasteiger partial charge in [0.15, 0.2) is 0 Å². The van der Waals surface area contributed by atoms with Gasteiger partial charge in [-0.05, 0) is 41.3 Å². The largest absolute Gasteiger partial charge is 0.496 e. The Labute approximate surface area is 235 Å². The molecule has 0 saturated carbocycles. The minimum atomic E-state index is -1.12. The van der Waals surface area contributed by atoms with Crippen LogP contribution in [0.3, 0.4) is 0 Å². The van der Waals surface area contributed by atoms with Gasteiger partial charge in [0.1, 0.15) is 17.9 Å². The number of imide groups is 1. The van der Waals surface area contributed by atoms with Crippen LogP contribution in [-0.2, 0) is 9.59 Å². The van der Waals surface area contributed by atoms with Gasteiger partial charge in [0.05, 0.1) is 29.7 Å². The van der Waals surface area contributed by atoms with E-state index < -0.39 is 34.9 Å². The van der Waals surface area contributed by atoms with Crippen molar-refractivity contribution >= 4 is 39.6 Å². The zero-order valence-electron chi connectivity index (χ0n) is 22.0. The summed E-state index contributed by atoms with van der Waals surface area (Å²) in [5.74, 6) is -0.960. The van der Waals surface area contributed by atoms with Crippen molar-refractivity contribution in [2.45, 2.75) is 18.2 Å². The third-order valence-corrected chi connectivity index (χ3v) is 7.59. The van der Waals surface area contributed by atoms with E-state index in [1.54, 1.807) is 66.7 Å². The van der Waals surface area contributed by atoms with Gasteiger partial charge in [0, 0.05) is 23.2 Å². The van der Waals surface area contributed by atoms with Crippen LogP contribution in [0.4, 0.5) is 17.1 Å². The fourth-order valence-corrected chi connectivity index (χ4v) is 5.62. The van der Waals surface area contributed by atoms with Gasteiger partial charge in [-0.15, -0.1) is 0 Å². The van der Waals surface area contributed by atoms with Crippen LogP contribution in [0.15, 0.2) is 103 Å². The third-order valence-electron chi connectivity index (χ3n) is 7.59. The molecule has 10 nitrogen and oxygen atoms in total. The van der Waals surface area contributed by atoms with Crippen LogP contribution in [-0.4, -0.2) is 46.0 Å². The minimum Gasteiger partial charge on any atom is -0.496 e. The van der Waals surface area contributed by atoms with E-state index in [9.17, 15) is 24.8 Å². The minimum absolute atomic E-state index is 0.0874. The molecule has 0 spiro atoms. The number of ether oxygens (including phenoxy) is 1. The molecule has 2 aliphatic heterocycles. The second kappa shape index (κ2) is 10.5. The highest BCUT2D eigenvalue weighted by Crippen LogP contribution is 2.40. The van der Waals surface area contributed by atoms with Crippen molar-refractivity contribution in [3.63, 3.8) is 0 Å². The summed E-state index contributed by atoms with van der Waals surface area (Å²) in [6.45, 7) is 0. The number of nitrogens with zero attached hydrogens (tertiary/aromatic N) is 3. The Balaban J connectivity index is 1.43. The van der Waals surface area contributed by atoms with E-state index in [1.807, 2.05) is 24.3 Å². The highest BCUT2D eigenvalue weighted by Gasteiger charge is 2.54. The number of carbonyl (C=O) groups excluding carboxylic acids is 2. The lowest BCUT2D eigenvalue weighted by Gasteiger charge is -2.41. The number of para-hydroxylation sites is 1. The van der Waals surface area contributed by atoms with Crippen LogP contribution < -0.4 is 15.1 Å². The van der Waals surface area contributed by atoms with Gasteiger partial charge < -0.3 is 15.3 Å². The molecule has 4 aromatic carbocycles. The number of hydrogen-bond donors (Lipinski definition) is 2. The number of nitro groups is 1. The molecule has 2 N–H and O–H groups in total. The molecular formula is C31H26N4O6. The molecule has 0 bridgehead atoms. The monoisotopic (exact) mass is 550 g/mol. The molecule has 206 valence electrons. The molecule has 2 amide bonds. The summed E-state index contributed by atoms with van der Waals surface area (Å²) >= 11 is 0. The SMILES string of the molecule is COc1ccc(C(O)C2C=CC3C(=O)N(c4ccccc4)C(=O)C3N2Nc2ccc([N+](=O)[O-])cc2)c2ccccc12. The van der Waals surface area contributed by atoms with Crippen molar-refractivity contribution in [3.8, 4) is 5.75 Å². The number of anilines is 2. The van der Waals surface area contributed by atoms with Gasteiger partial charge in [-0.1, -0.05) is 60.7 Å². The first-order valence-corrected chi connectivity index (χ1v) is 13.0. The van der Waals surface area contributed by atoms with Crippen molar-refractivity contribution in [1.82, 2.24) is 5.01 Å². The van der Waals surface area contributed by atoms with Gasteiger partial charge in [-0.25, -0.2) is 9.91 Å². The Morgan fingerprint density at radius 3 is 2.24 bits per heavy atom. The maximum absolute atomic E-state index is 13.9. The van der Waals surface area contributed by atoms with Crippen molar-refractivity contribution in [2.75, 3.05) is 17.4 Å². The highest BCUT2D eigenvalue weighted by atomic mass is 16.6. The summed E-state index contributed by atoms with van der Waals surface area (Å²) in [5.41, 5.74) is 4.63. The van der Waals surface area contributed by atoms with Crippen LogP contribution in [0.5, 0.6) is 5.75 Å². The summed E-state index contributed by atoms with van der Waals surface area (Å²) in [6, 6.07) is 23.8. The van der Waals surface area contributed by atoms with Gasteiger partial charge in [-0.3, -0.25) is 19.7 Å². The number of amides is 2. The molecule has 2 aliphatic rings. The fourth-order valence-electron chi connectivity index (χ4n) is 5.62. The number of aliphatic hydroxyl groups excluding tert-OH is 1. The van der Waals surface area contributed by atoms with Crippen LogP contribution in [0.1, 0.15) is 11.7 Å². The summed E-state index contributed by atoms with van der Waals surface area (Å²) < 4.78 is 5.52. The van der Waals surface area contributed by atoms with E-state index in [0.29, 0.717) is 22.7 Å². The number of benzene rings is 4. The average molecular weight is 551 g/mol. The molecular weight excluding hydrogens is 524 g/mol. The molecule has 0 radical (unpaired) electrons.